The highest BCUT2D eigenvalue weighted by atomic mass is 16.7. The van der Waals surface area contributed by atoms with E-state index in [-0.39, 0.29) is 0 Å². The van der Waals surface area contributed by atoms with Gasteiger partial charge < -0.3 is 4.74 Å². The third kappa shape index (κ3) is 2.91. The van der Waals surface area contributed by atoms with Gasteiger partial charge in [0.1, 0.15) is 0 Å². The maximum Gasteiger partial charge on any atom is 0.158 e. The number of rotatable bonds is 5. The molecule has 3 nitrogen and oxygen atoms in total. The summed E-state index contributed by atoms with van der Waals surface area (Å²) in [5.74, 6) is 0. The van der Waals surface area contributed by atoms with E-state index in [9.17, 15) is 0 Å². The second-order valence-corrected chi connectivity index (χ2v) is 2.57. The predicted molar refractivity (Wildman–Crippen MR) is 44.8 cm³/mol. The van der Waals surface area contributed by atoms with Gasteiger partial charge in [0.05, 0.1) is 7.11 Å². The lowest BCUT2D eigenvalue weighted by Crippen LogP contribution is -2.41. The van der Waals surface area contributed by atoms with E-state index in [1.165, 1.54) is 0 Å². The summed E-state index contributed by atoms with van der Waals surface area (Å²) < 4.78 is 5.40. The van der Waals surface area contributed by atoms with Crippen molar-refractivity contribution in [2.45, 2.75) is 26.5 Å². The monoisotopic (exact) mass is 159 g/mol. The van der Waals surface area contributed by atoms with Gasteiger partial charge >= 0.3 is 0 Å². The van der Waals surface area contributed by atoms with Crippen LogP contribution in [-0.2, 0) is 9.57 Å². The van der Waals surface area contributed by atoms with Gasteiger partial charge in [-0.25, -0.2) is 5.06 Å². The highest BCUT2D eigenvalue weighted by molar-refractivity contribution is 4.73. The molecule has 66 valence electrons. The first-order valence-corrected chi connectivity index (χ1v) is 3.68. The molecule has 0 aliphatic rings. The maximum absolute atomic E-state index is 5.40. The summed E-state index contributed by atoms with van der Waals surface area (Å²) in [4.78, 5) is 5.01. The average Bonchev–Trinajstić information content (AvgIpc) is 1.89. The zero-order chi connectivity index (χ0) is 8.91. The number of ether oxygens (including phenoxy) is 1. The molecule has 0 radical (unpaired) electrons. The summed E-state index contributed by atoms with van der Waals surface area (Å²) in [5, 5.41) is 1.57. The number of hydrogen-bond donors (Lipinski definition) is 0. The largest absolute Gasteiger partial charge is 0.354 e. The fourth-order valence-corrected chi connectivity index (χ4v) is 0.931. The molecular formula is C8H17NO2. The minimum Gasteiger partial charge on any atom is -0.354 e. The molecule has 3 heteroatoms. The van der Waals surface area contributed by atoms with Crippen LogP contribution in [0.3, 0.4) is 0 Å². The Kier molecular flexibility index (Phi) is 4.15. The maximum atomic E-state index is 5.40. The smallest absolute Gasteiger partial charge is 0.158 e. The Labute approximate surface area is 68.5 Å². The van der Waals surface area contributed by atoms with Gasteiger partial charge in [-0.2, -0.15) is 0 Å². The van der Waals surface area contributed by atoms with Crippen LogP contribution in [-0.4, -0.2) is 24.5 Å². The van der Waals surface area contributed by atoms with Crippen LogP contribution in [0.4, 0.5) is 0 Å². The van der Waals surface area contributed by atoms with Crippen molar-refractivity contribution in [1.29, 1.82) is 0 Å². The van der Waals surface area contributed by atoms with E-state index in [0.29, 0.717) is 6.61 Å². The van der Waals surface area contributed by atoms with Crippen molar-refractivity contribution in [2.24, 2.45) is 0 Å². The van der Waals surface area contributed by atoms with Crippen molar-refractivity contribution in [2.75, 3.05) is 13.7 Å². The summed E-state index contributed by atoms with van der Waals surface area (Å²) in [6, 6.07) is 0. The lowest BCUT2D eigenvalue weighted by molar-refractivity contribution is -0.252. The highest BCUT2D eigenvalue weighted by Gasteiger charge is 2.23. The summed E-state index contributed by atoms with van der Waals surface area (Å²) in [7, 11) is 1.59. The third-order valence-corrected chi connectivity index (χ3v) is 1.39. The summed E-state index contributed by atoms with van der Waals surface area (Å²) in [6.07, 6.45) is 1.59. The molecule has 0 spiro atoms. The number of hydrogen-bond acceptors (Lipinski definition) is 3. The molecule has 0 atom stereocenters. The fourth-order valence-electron chi connectivity index (χ4n) is 0.931. The molecule has 0 fully saturated rings. The van der Waals surface area contributed by atoms with Gasteiger partial charge in [0.15, 0.2) is 5.72 Å². The Balaban J connectivity index is 4.11. The molecule has 0 saturated carbocycles. The van der Waals surface area contributed by atoms with Gasteiger partial charge in [0.2, 0.25) is 0 Å². The molecule has 0 aliphatic heterocycles. The molecule has 0 aromatic heterocycles. The minimum absolute atomic E-state index is 0.439. The molecule has 11 heavy (non-hydrogen) atoms. The Bertz CT molecular complexity index is 123. The Morgan fingerprint density at radius 3 is 2.36 bits per heavy atom. The first kappa shape index (κ1) is 10.5. The molecular weight excluding hydrogens is 142 g/mol. The number of hydroxylamine groups is 2. The lowest BCUT2D eigenvalue weighted by Gasteiger charge is -2.34. The molecule has 0 rings (SSSR count). The van der Waals surface area contributed by atoms with Crippen LogP contribution in [0, 0.1) is 0 Å². The predicted octanol–water partition coefficient (Wildman–Crippen LogP) is 1.77. The standard InChI is InChI=1S/C8H17NO2/c1-6-9(10-5)8(3,4)11-7-2/h6H,1,7H2,2-5H3. The van der Waals surface area contributed by atoms with Gasteiger partial charge in [0, 0.05) is 12.8 Å². The second-order valence-electron chi connectivity index (χ2n) is 2.57. The Hall–Kier alpha value is -0.540. The molecule has 0 N–H and O–H groups in total. The van der Waals surface area contributed by atoms with Crippen LogP contribution in [0.2, 0.25) is 0 Å². The van der Waals surface area contributed by atoms with Crippen molar-refractivity contribution in [3.63, 3.8) is 0 Å². The van der Waals surface area contributed by atoms with Gasteiger partial charge in [-0.15, -0.1) is 0 Å². The van der Waals surface area contributed by atoms with Gasteiger partial charge in [-0.3, -0.25) is 4.84 Å². The molecule has 0 heterocycles. The van der Waals surface area contributed by atoms with Crippen LogP contribution in [0.15, 0.2) is 12.8 Å². The van der Waals surface area contributed by atoms with E-state index < -0.39 is 5.72 Å². The van der Waals surface area contributed by atoms with Crippen LogP contribution >= 0.6 is 0 Å². The highest BCUT2D eigenvalue weighted by Crippen LogP contribution is 2.15. The van der Waals surface area contributed by atoms with Crippen LogP contribution < -0.4 is 0 Å². The SMILES string of the molecule is C=CN(OC)C(C)(C)OCC. The first-order valence-electron chi connectivity index (χ1n) is 3.68. The quantitative estimate of drug-likeness (QED) is 0.450. The van der Waals surface area contributed by atoms with E-state index in [2.05, 4.69) is 6.58 Å². The van der Waals surface area contributed by atoms with E-state index in [1.807, 2.05) is 20.8 Å². The molecule has 0 saturated heterocycles. The normalized spacial score (nSPS) is 11.3. The van der Waals surface area contributed by atoms with E-state index in [4.69, 9.17) is 9.57 Å². The van der Waals surface area contributed by atoms with E-state index >= 15 is 0 Å². The lowest BCUT2D eigenvalue weighted by atomic mass is 10.3. The minimum atomic E-state index is -0.439. The molecule has 0 bridgehead atoms. The van der Waals surface area contributed by atoms with Crippen LogP contribution in [0.1, 0.15) is 20.8 Å². The zero-order valence-electron chi connectivity index (χ0n) is 7.76. The van der Waals surface area contributed by atoms with Crippen molar-refractivity contribution in [3.8, 4) is 0 Å². The topological polar surface area (TPSA) is 21.7 Å². The van der Waals surface area contributed by atoms with Gasteiger partial charge in [-0.05, 0) is 20.8 Å². The molecule has 0 aliphatic carbocycles. The molecule has 0 unspecified atom stereocenters. The van der Waals surface area contributed by atoms with E-state index in [0.717, 1.165) is 0 Å². The Morgan fingerprint density at radius 1 is 1.55 bits per heavy atom. The van der Waals surface area contributed by atoms with Crippen molar-refractivity contribution in [1.82, 2.24) is 5.06 Å². The van der Waals surface area contributed by atoms with Crippen LogP contribution in [0.25, 0.3) is 0 Å². The van der Waals surface area contributed by atoms with Crippen molar-refractivity contribution >= 4 is 0 Å². The van der Waals surface area contributed by atoms with Gasteiger partial charge in [-0.1, -0.05) is 6.58 Å². The summed E-state index contributed by atoms with van der Waals surface area (Å²) in [6.45, 7) is 10.0. The molecule has 0 aromatic rings. The third-order valence-electron chi connectivity index (χ3n) is 1.39. The summed E-state index contributed by atoms with van der Waals surface area (Å²) in [5.41, 5.74) is -0.439. The summed E-state index contributed by atoms with van der Waals surface area (Å²) >= 11 is 0. The van der Waals surface area contributed by atoms with Crippen LogP contribution in [0.5, 0.6) is 0 Å². The van der Waals surface area contributed by atoms with Crippen molar-refractivity contribution < 1.29 is 9.57 Å². The average molecular weight is 159 g/mol. The van der Waals surface area contributed by atoms with Gasteiger partial charge in [0.25, 0.3) is 0 Å². The fraction of sp³-hybridized carbons (Fsp3) is 0.750. The van der Waals surface area contributed by atoms with E-state index in [1.54, 1.807) is 18.4 Å². The molecule has 0 aromatic carbocycles. The zero-order valence-corrected chi connectivity index (χ0v) is 7.76. The van der Waals surface area contributed by atoms with Crippen molar-refractivity contribution in [3.05, 3.63) is 12.8 Å². The number of nitrogens with zero attached hydrogens (tertiary/aromatic N) is 1. The first-order chi connectivity index (χ1) is 5.08. The Morgan fingerprint density at radius 2 is 2.09 bits per heavy atom. The molecule has 0 amide bonds. The second kappa shape index (κ2) is 4.36.